The number of ether oxygens (including phenoxy) is 1. The van der Waals surface area contributed by atoms with Crippen molar-refractivity contribution in [3.63, 3.8) is 0 Å². The molecule has 2 atom stereocenters. The lowest BCUT2D eigenvalue weighted by Gasteiger charge is -2.22. The van der Waals surface area contributed by atoms with Gasteiger partial charge in [0.05, 0.1) is 5.02 Å². The number of imide groups is 1. The summed E-state index contributed by atoms with van der Waals surface area (Å²) in [6.07, 6.45) is 1.43. The Labute approximate surface area is 174 Å². The summed E-state index contributed by atoms with van der Waals surface area (Å²) in [7, 11) is 0. The van der Waals surface area contributed by atoms with Gasteiger partial charge in [0, 0.05) is 6.20 Å². The topological polar surface area (TPSA) is 118 Å². The highest BCUT2D eigenvalue weighted by Crippen LogP contribution is 2.24. The van der Waals surface area contributed by atoms with E-state index in [1.54, 1.807) is 13.0 Å². The number of urea groups is 1. The van der Waals surface area contributed by atoms with Crippen molar-refractivity contribution in [3.05, 3.63) is 23.4 Å². The largest absolute Gasteiger partial charge is 0.451 e. The number of nitrogens with zero attached hydrogens (tertiary/aromatic N) is 2. The Kier molecular flexibility index (Phi) is 7.18. The Hall–Kier alpha value is -2.68. The van der Waals surface area contributed by atoms with Crippen molar-refractivity contribution in [1.82, 2.24) is 15.2 Å². The van der Waals surface area contributed by atoms with E-state index in [1.165, 1.54) is 19.2 Å². The van der Waals surface area contributed by atoms with Crippen LogP contribution >= 0.6 is 11.6 Å². The highest BCUT2D eigenvalue weighted by atomic mass is 35.5. The number of nitrogens with one attached hydrogen (secondary N) is 2. The molecule has 0 saturated carbocycles. The molecule has 0 radical (unpaired) electrons. The number of carbonyl (C=O) groups is 4. The monoisotopic (exact) mass is 424 g/mol. The molecule has 1 saturated heterocycles. The Bertz CT molecular complexity index is 798. The van der Waals surface area contributed by atoms with Crippen LogP contribution in [0.4, 0.5) is 10.6 Å². The number of rotatable bonds is 8. The van der Waals surface area contributed by atoms with E-state index >= 15 is 0 Å². The maximum atomic E-state index is 12.6. The number of halogens is 1. The van der Waals surface area contributed by atoms with E-state index in [0.717, 1.165) is 11.3 Å². The number of pyridine rings is 1. The van der Waals surface area contributed by atoms with Crippen LogP contribution in [0, 0.1) is 5.92 Å². The summed E-state index contributed by atoms with van der Waals surface area (Å²) in [5, 5.41) is 5.53. The van der Waals surface area contributed by atoms with Crippen molar-refractivity contribution in [2.24, 2.45) is 5.92 Å². The van der Waals surface area contributed by atoms with Gasteiger partial charge in [0.2, 0.25) is 0 Å². The van der Waals surface area contributed by atoms with E-state index in [2.05, 4.69) is 15.6 Å². The molecule has 1 aromatic rings. The second-order valence-corrected chi connectivity index (χ2v) is 8.01. The van der Waals surface area contributed by atoms with E-state index < -0.39 is 42.0 Å². The lowest BCUT2D eigenvalue weighted by atomic mass is 9.92. The minimum Gasteiger partial charge on any atom is -0.451 e. The minimum atomic E-state index is -1.15. The third-order valence-corrected chi connectivity index (χ3v) is 4.73. The predicted octanol–water partition coefficient (Wildman–Crippen LogP) is 2.35. The van der Waals surface area contributed by atoms with Crippen molar-refractivity contribution in [2.45, 2.75) is 52.2 Å². The van der Waals surface area contributed by atoms with Crippen LogP contribution in [0.3, 0.4) is 0 Å². The summed E-state index contributed by atoms with van der Waals surface area (Å²) >= 11 is 5.73. The van der Waals surface area contributed by atoms with Gasteiger partial charge in [-0.25, -0.2) is 9.78 Å². The average molecular weight is 425 g/mol. The summed E-state index contributed by atoms with van der Waals surface area (Å²) in [5.41, 5.74) is -1.05. The molecule has 0 unspecified atom stereocenters. The maximum absolute atomic E-state index is 12.6. The number of hydrogen-bond donors (Lipinski definition) is 2. The Morgan fingerprint density at radius 1 is 1.31 bits per heavy atom. The molecule has 1 fully saturated rings. The van der Waals surface area contributed by atoms with Crippen molar-refractivity contribution >= 4 is 41.2 Å². The molecule has 1 aromatic heterocycles. The smallest absolute Gasteiger partial charge is 0.327 e. The van der Waals surface area contributed by atoms with Crippen LogP contribution < -0.4 is 10.6 Å². The van der Waals surface area contributed by atoms with Crippen molar-refractivity contribution < 1.29 is 23.9 Å². The number of esters is 1. The Balaban J connectivity index is 1.90. The Morgan fingerprint density at radius 2 is 2.00 bits per heavy atom. The van der Waals surface area contributed by atoms with Crippen LogP contribution in [0.5, 0.6) is 0 Å². The zero-order valence-electron chi connectivity index (χ0n) is 16.8. The predicted molar refractivity (Wildman–Crippen MR) is 106 cm³/mol. The first kappa shape index (κ1) is 22.6. The second-order valence-electron chi connectivity index (χ2n) is 7.57. The molecule has 1 aliphatic heterocycles. The van der Waals surface area contributed by atoms with Crippen molar-refractivity contribution in [1.29, 1.82) is 0 Å². The van der Waals surface area contributed by atoms with Crippen LogP contribution in [0.1, 0.15) is 40.5 Å². The van der Waals surface area contributed by atoms with Gasteiger partial charge in [-0.3, -0.25) is 19.3 Å². The number of anilines is 1. The van der Waals surface area contributed by atoms with Crippen molar-refractivity contribution in [2.75, 3.05) is 11.9 Å². The van der Waals surface area contributed by atoms with E-state index in [4.69, 9.17) is 16.3 Å². The van der Waals surface area contributed by atoms with Gasteiger partial charge in [0.15, 0.2) is 6.10 Å². The third kappa shape index (κ3) is 5.90. The summed E-state index contributed by atoms with van der Waals surface area (Å²) in [6, 6.07) is 2.40. The van der Waals surface area contributed by atoms with Gasteiger partial charge >= 0.3 is 12.0 Å². The lowest BCUT2D eigenvalue weighted by molar-refractivity contribution is -0.155. The summed E-state index contributed by atoms with van der Waals surface area (Å²) in [6.45, 7) is 6.48. The first-order valence-electron chi connectivity index (χ1n) is 9.28. The number of aromatic nitrogens is 1. The van der Waals surface area contributed by atoms with Gasteiger partial charge < -0.3 is 15.4 Å². The molecule has 0 aliphatic carbocycles. The highest BCUT2D eigenvalue weighted by Gasteiger charge is 2.48. The molecule has 29 heavy (non-hydrogen) atoms. The summed E-state index contributed by atoms with van der Waals surface area (Å²) < 4.78 is 5.05. The van der Waals surface area contributed by atoms with Crippen LogP contribution in [0.25, 0.3) is 0 Å². The third-order valence-electron chi connectivity index (χ3n) is 4.51. The molecule has 0 bridgehead atoms. The molecule has 2 heterocycles. The molecule has 2 rings (SSSR count). The number of hydrogen-bond acceptors (Lipinski definition) is 6. The molecule has 2 N–H and O–H groups in total. The van der Waals surface area contributed by atoms with E-state index in [9.17, 15) is 19.2 Å². The van der Waals surface area contributed by atoms with Gasteiger partial charge in [0.1, 0.15) is 17.9 Å². The van der Waals surface area contributed by atoms with E-state index in [0.29, 0.717) is 17.4 Å². The quantitative estimate of drug-likeness (QED) is 0.488. The highest BCUT2D eigenvalue weighted by molar-refractivity contribution is 6.30. The van der Waals surface area contributed by atoms with Crippen molar-refractivity contribution in [3.8, 4) is 0 Å². The van der Waals surface area contributed by atoms with Crippen LogP contribution in [-0.2, 0) is 19.1 Å². The van der Waals surface area contributed by atoms with Gasteiger partial charge in [-0.2, -0.15) is 0 Å². The zero-order chi connectivity index (χ0) is 21.8. The summed E-state index contributed by atoms with van der Waals surface area (Å²) in [4.78, 5) is 53.8. The van der Waals surface area contributed by atoms with E-state index in [-0.39, 0.29) is 5.82 Å². The molecule has 158 valence electrons. The van der Waals surface area contributed by atoms with Crippen LogP contribution in [0.2, 0.25) is 5.02 Å². The maximum Gasteiger partial charge on any atom is 0.327 e. The van der Waals surface area contributed by atoms with Gasteiger partial charge in [-0.1, -0.05) is 25.4 Å². The van der Waals surface area contributed by atoms with Crippen LogP contribution in [-0.4, -0.2) is 51.9 Å². The molecule has 9 nitrogen and oxygen atoms in total. The zero-order valence-corrected chi connectivity index (χ0v) is 17.6. The summed E-state index contributed by atoms with van der Waals surface area (Å²) in [5.74, 6) is -1.34. The molecule has 10 heteroatoms. The minimum absolute atomic E-state index is 0.248. The average Bonchev–Trinajstić information content (AvgIpc) is 2.85. The molecule has 1 aliphatic rings. The lowest BCUT2D eigenvalue weighted by Crippen LogP contribution is -2.44. The van der Waals surface area contributed by atoms with Gasteiger partial charge in [0.25, 0.3) is 11.8 Å². The SMILES string of the molecule is CC(C)CC[C@@]1(C)NC(=O)N(CC(=O)O[C@@H](C)C(=O)Nc2ccc(Cl)cn2)C1=O. The molecular weight excluding hydrogens is 400 g/mol. The Morgan fingerprint density at radius 3 is 2.59 bits per heavy atom. The van der Waals surface area contributed by atoms with Gasteiger partial charge in [-0.15, -0.1) is 0 Å². The first-order chi connectivity index (χ1) is 13.5. The standard InChI is InChI=1S/C19H25ClN4O5/c1-11(2)7-8-19(4)17(27)24(18(28)23-19)10-15(25)29-12(3)16(26)22-14-6-5-13(20)9-21-14/h5-6,9,11-12H,7-8,10H2,1-4H3,(H,23,28)(H,21,22,26)/t12-,19+/m0/s1. The van der Waals surface area contributed by atoms with Crippen LogP contribution in [0.15, 0.2) is 18.3 Å². The molecule has 0 aromatic carbocycles. The molecule has 0 spiro atoms. The fraction of sp³-hybridized carbons (Fsp3) is 0.526. The molecular formula is C19H25ClN4O5. The normalized spacial score (nSPS) is 19.9. The fourth-order valence-electron chi connectivity index (χ4n) is 2.73. The molecule has 4 amide bonds. The number of carbonyl (C=O) groups excluding carboxylic acids is 4. The van der Waals surface area contributed by atoms with Gasteiger partial charge in [-0.05, 0) is 44.7 Å². The first-order valence-corrected chi connectivity index (χ1v) is 9.65. The second kappa shape index (κ2) is 9.21. The number of amides is 4. The fourth-order valence-corrected chi connectivity index (χ4v) is 2.84. The van der Waals surface area contributed by atoms with E-state index in [1.807, 2.05) is 13.8 Å².